The van der Waals surface area contributed by atoms with Gasteiger partial charge in [0.15, 0.2) is 11.5 Å². The van der Waals surface area contributed by atoms with Gasteiger partial charge in [-0.15, -0.1) is 0 Å². The van der Waals surface area contributed by atoms with Crippen LogP contribution in [-0.2, 0) is 4.79 Å². The largest absolute Gasteiger partial charge is 0.495 e. The zero-order valence-electron chi connectivity index (χ0n) is 18.0. The van der Waals surface area contributed by atoms with Crippen molar-refractivity contribution in [3.63, 3.8) is 0 Å². The molecule has 0 bridgehead atoms. The van der Waals surface area contributed by atoms with E-state index in [1.807, 2.05) is 0 Å². The second kappa shape index (κ2) is 9.15. The summed E-state index contributed by atoms with van der Waals surface area (Å²) in [5, 5.41) is 10.2. The number of hydrogen-bond acceptors (Lipinski definition) is 7. The van der Waals surface area contributed by atoms with Crippen molar-refractivity contribution in [3.8, 4) is 17.2 Å². The summed E-state index contributed by atoms with van der Waals surface area (Å²) < 4.78 is 42.1. The molecule has 9 nitrogen and oxygen atoms in total. The summed E-state index contributed by atoms with van der Waals surface area (Å²) in [5.41, 5.74) is 1.96. The fraction of sp³-hybridized carbons (Fsp3) is 0.227. The molecule has 0 radical (unpaired) electrons. The molecular weight excluding hydrogens is 436 g/mol. The quantitative estimate of drug-likeness (QED) is 0.556. The number of carbonyl (C=O) groups is 1. The molecule has 11 heteroatoms. The highest BCUT2D eigenvalue weighted by atomic mass is 19.3. The van der Waals surface area contributed by atoms with Crippen LogP contribution in [-0.4, -0.2) is 41.5 Å². The normalized spacial score (nSPS) is 15.0. The Kier molecular flexibility index (Phi) is 6.11. The molecule has 0 aliphatic carbocycles. The van der Waals surface area contributed by atoms with Crippen molar-refractivity contribution in [1.82, 2.24) is 14.8 Å². The fourth-order valence-electron chi connectivity index (χ4n) is 3.68. The Morgan fingerprint density at radius 3 is 2.61 bits per heavy atom. The Morgan fingerprint density at radius 1 is 1.12 bits per heavy atom. The Labute approximate surface area is 188 Å². The average Bonchev–Trinajstić information content (AvgIpc) is 3.26. The third-order valence-corrected chi connectivity index (χ3v) is 5.11. The molecule has 1 aliphatic heterocycles. The van der Waals surface area contributed by atoms with Gasteiger partial charge in [-0.05, 0) is 36.8 Å². The Hall–Kier alpha value is -4.15. The second-order valence-corrected chi connectivity index (χ2v) is 7.04. The van der Waals surface area contributed by atoms with Crippen molar-refractivity contribution in [3.05, 3.63) is 65.6 Å². The van der Waals surface area contributed by atoms with Gasteiger partial charge in [-0.1, -0.05) is 18.2 Å². The van der Waals surface area contributed by atoms with E-state index >= 15 is 0 Å². The Bertz CT molecular complexity index is 1210. The van der Waals surface area contributed by atoms with Crippen LogP contribution >= 0.6 is 0 Å². The van der Waals surface area contributed by atoms with E-state index in [1.54, 1.807) is 37.3 Å². The molecule has 33 heavy (non-hydrogen) atoms. The van der Waals surface area contributed by atoms with Crippen molar-refractivity contribution in [2.24, 2.45) is 0 Å². The number of methoxy groups -OCH3 is 2. The number of carbonyl (C=O) groups excluding carboxylic acids is 1. The topological polar surface area (TPSA) is 99.5 Å². The fourth-order valence-corrected chi connectivity index (χ4v) is 3.68. The van der Waals surface area contributed by atoms with Gasteiger partial charge in [-0.25, -0.2) is 4.68 Å². The minimum absolute atomic E-state index is 0.0927. The number of hydrogen-bond donors (Lipinski definition) is 2. The Morgan fingerprint density at radius 2 is 1.88 bits per heavy atom. The number of rotatable bonds is 7. The maximum Gasteiger partial charge on any atom is 0.387 e. The monoisotopic (exact) mass is 457 g/mol. The first-order valence-corrected chi connectivity index (χ1v) is 9.87. The minimum Gasteiger partial charge on any atom is -0.495 e. The smallest absolute Gasteiger partial charge is 0.387 e. The summed E-state index contributed by atoms with van der Waals surface area (Å²) in [6.07, 6.45) is 1.36. The molecule has 172 valence electrons. The van der Waals surface area contributed by atoms with E-state index < -0.39 is 18.6 Å². The number of nitrogens with zero attached hydrogens (tertiary/aromatic N) is 3. The van der Waals surface area contributed by atoms with E-state index in [-0.39, 0.29) is 11.5 Å². The standard InChI is InChI=1S/C22H21F2N5O4/c1-12-18(20(30)28-14-6-4-5-7-15(14)31-2)19(29-22(27-12)25-11-26-29)13-8-9-16(33-21(23)24)17(10-13)32-3/h4-11,19,21H,1-3H3,(H,28,30)(H,25,26,27). The number of para-hydroxylation sites is 2. The van der Waals surface area contributed by atoms with Crippen LogP contribution < -0.4 is 24.8 Å². The second-order valence-electron chi connectivity index (χ2n) is 7.04. The van der Waals surface area contributed by atoms with E-state index in [1.165, 1.54) is 37.4 Å². The summed E-state index contributed by atoms with van der Waals surface area (Å²) in [6, 6.07) is 10.8. The van der Waals surface area contributed by atoms with E-state index in [2.05, 4.69) is 25.5 Å². The molecule has 0 saturated carbocycles. The summed E-state index contributed by atoms with van der Waals surface area (Å²) in [4.78, 5) is 17.6. The number of aromatic nitrogens is 3. The van der Waals surface area contributed by atoms with Crippen LogP contribution in [0.4, 0.5) is 20.4 Å². The highest BCUT2D eigenvalue weighted by Gasteiger charge is 2.34. The van der Waals surface area contributed by atoms with Crippen LogP contribution in [0.3, 0.4) is 0 Å². The number of fused-ring (bicyclic) bond motifs is 1. The molecule has 0 fully saturated rings. The predicted octanol–water partition coefficient (Wildman–Crippen LogP) is 3.82. The molecule has 1 unspecified atom stereocenters. The van der Waals surface area contributed by atoms with E-state index in [9.17, 15) is 13.6 Å². The van der Waals surface area contributed by atoms with Gasteiger partial charge in [0, 0.05) is 5.70 Å². The van der Waals surface area contributed by atoms with Crippen molar-refractivity contribution in [1.29, 1.82) is 0 Å². The van der Waals surface area contributed by atoms with Crippen LogP contribution in [0.15, 0.2) is 60.1 Å². The van der Waals surface area contributed by atoms with Gasteiger partial charge in [0.25, 0.3) is 5.91 Å². The van der Waals surface area contributed by atoms with Gasteiger partial charge < -0.3 is 24.8 Å². The number of halogens is 2. The highest BCUT2D eigenvalue weighted by Crippen LogP contribution is 2.39. The van der Waals surface area contributed by atoms with Gasteiger partial charge >= 0.3 is 6.61 Å². The summed E-state index contributed by atoms with van der Waals surface area (Å²) >= 11 is 0. The summed E-state index contributed by atoms with van der Waals surface area (Å²) in [6.45, 7) is -1.26. The number of ether oxygens (including phenoxy) is 3. The Balaban J connectivity index is 1.77. The SMILES string of the molecule is COc1ccccc1NC(=O)C1=C(C)Nc2ncnn2C1c1ccc(OC(F)F)c(OC)c1. The zero-order valence-corrected chi connectivity index (χ0v) is 18.0. The molecule has 0 saturated heterocycles. The van der Waals surface area contributed by atoms with Crippen LogP contribution in [0.25, 0.3) is 0 Å². The molecule has 1 aromatic heterocycles. The highest BCUT2D eigenvalue weighted by molar-refractivity contribution is 6.06. The van der Waals surface area contributed by atoms with E-state index in [0.29, 0.717) is 34.2 Å². The van der Waals surface area contributed by atoms with Gasteiger partial charge in [0.1, 0.15) is 18.1 Å². The molecule has 1 atom stereocenters. The number of alkyl halides is 2. The number of anilines is 2. The maximum absolute atomic E-state index is 13.4. The number of amides is 1. The van der Waals surface area contributed by atoms with Crippen molar-refractivity contribution < 1.29 is 27.8 Å². The first kappa shape index (κ1) is 22.1. The molecule has 1 aliphatic rings. The van der Waals surface area contributed by atoms with Gasteiger partial charge in [0.05, 0.1) is 25.5 Å². The molecule has 2 N–H and O–H groups in total. The first-order valence-electron chi connectivity index (χ1n) is 9.87. The summed E-state index contributed by atoms with van der Waals surface area (Å²) in [5.74, 6) is 0.502. The number of benzene rings is 2. The summed E-state index contributed by atoms with van der Waals surface area (Å²) in [7, 11) is 2.86. The van der Waals surface area contributed by atoms with Gasteiger partial charge in [0.2, 0.25) is 5.95 Å². The van der Waals surface area contributed by atoms with Crippen LogP contribution in [0, 0.1) is 0 Å². The van der Waals surface area contributed by atoms with Gasteiger partial charge in [-0.2, -0.15) is 18.9 Å². The lowest BCUT2D eigenvalue weighted by Crippen LogP contribution is -2.31. The lowest BCUT2D eigenvalue weighted by Gasteiger charge is -2.29. The molecule has 3 aromatic rings. The third kappa shape index (κ3) is 4.29. The van der Waals surface area contributed by atoms with Crippen LogP contribution in [0.1, 0.15) is 18.5 Å². The predicted molar refractivity (Wildman–Crippen MR) is 116 cm³/mol. The van der Waals surface area contributed by atoms with E-state index in [4.69, 9.17) is 9.47 Å². The third-order valence-electron chi connectivity index (χ3n) is 5.11. The van der Waals surface area contributed by atoms with E-state index in [0.717, 1.165) is 0 Å². The molecule has 1 amide bonds. The maximum atomic E-state index is 13.4. The molecule has 2 heterocycles. The molecular formula is C22H21F2N5O4. The van der Waals surface area contributed by atoms with Crippen molar-refractivity contribution >= 4 is 17.5 Å². The lowest BCUT2D eigenvalue weighted by atomic mass is 9.94. The first-order chi connectivity index (χ1) is 15.9. The molecule has 4 rings (SSSR count). The lowest BCUT2D eigenvalue weighted by molar-refractivity contribution is -0.113. The number of allylic oxidation sites excluding steroid dienone is 1. The van der Waals surface area contributed by atoms with Crippen molar-refractivity contribution in [2.75, 3.05) is 24.9 Å². The van der Waals surface area contributed by atoms with Crippen molar-refractivity contribution in [2.45, 2.75) is 19.6 Å². The van der Waals surface area contributed by atoms with Gasteiger partial charge in [-0.3, -0.25) is 4.79 Å². The van der Waals surface area contributed by atoms with Crippen LogP contribution in [0.5, 0.6) is 17.2 Å². The van der Waals surface area contributed by atoms with Crippen LogP contribution in [0.2, 0.25) is 0 Å². The number of nitrogens with one attached hydrogen (secondary N) is 2. The average molecular weight is 457 g/mol. The molecule has 2 aromatic carbocycles. The molecule has 0 spiro atoms. The zero-order chi connectivity index (χ0) is 23.5. The minimum atomic E-state index is -3.00.